The van der Waals surface area contributed by atoms with Gasteiger partial charge in [0, 0.05) is 25.7 Å². The number of nitrogens with zero attached hydrogens (tertiary/aromatic N) is 1. The van der Waals surface area contributed by atoms with Crippen molar-refractivity contribution in [3.8, 4) is 0 Å². The normalized spacial score (nSPS) is 30.5. The molecule has 2 rings (SSSR count). The SMILES string of the molecule is C=C(OC(C)(C)C)N1C[C@H](NC)C[C@@H](O[C@@H]2CCOC2)C1. The first kappa shape index (κ1) is 16.6. The molecule has 0 aliphatic carbocycles. The molecule has 0 saturated carbocycles. The summed E-state index contributed by atoms with van der Waals surface area (Å²) in [6.45, 7) is 13.5. The van der Waals surface area contributed by atoms with Crippen molar-refractivity contribution in [3.63, 3.8) is 0 Å². The monoisotopic (exact) mass is 298 g/mol. The third-order valence-electron chi connectivity index (χ3n) is 3.87. The van der Waals surface area contributed by atoms with Gasteiger partial charge < -0.3 is 24.4 Å². The van der Waals surface area contributed by atoms with Crippen LogP contribution in [0.5, 0.6) is 0 Å². The van der Waals surface area contributed by atoms with Crippen molar-refractivity contribution >= 4 is 0 Å². The Morgan fingerprint density at radius 2 is 2.05 bits per heavy atom. The van der Waals surface area contributed by atoms with Crippen LogP contribution in [0.15, 0.2) is 12.5 Å². The summed E-state index contributed by atoms with van der Waals surface area (Å²) < 4.78 is 17.5. The molecular formula is C16H30N2O3. The van der Waals surface area contributed by atoms with Crippen molar-refractivity contribution in [1.82, 2.24) is 10.2 Å². The van der Waals surface area contributed by atoms with E-state index in [0.717, 1.165) is 45.0 Å². The van der Waals surface area contributed by atoms with Gasteiger partial charge in [0.2, 0.25) is 0 Å². The summed E-state index contributed by atoms with van der Waals surface area (Å²) in [6, 6.07) is 0.395. The van der Waals surface area contributed by atoms with E-state index in [0.29, 0.717) is 6.04 Å². The molecular weight excluding hydrogens is 268 g/mol. The lowest BCUT2D eigenvalue weighted by Crippen LogP contribution is -2.52. The number of nitrogens with one attached hydrogen (secondary N) is 1. The van der Waals surface area contributed by atoms with Crippen LogP contribution >= 0.6 is 0 Å². The smallest absolute Gasteiger partial charge is 0.182 e. The second-order valence-electron chi connectivity index (χ2n) is 6.98. The first-order valence-corrected chi connectivity index (χ1v) is 7.90. The minimum Gasteiger partial charge on any atom is -0.474 e. The molecule has 0 aromatic carbocycles. The zero-order chi connectivity index (χ0) is 15.5. The van der Waals surface area contributed by atoms with E-state index in [2.05, 4.69) is 16.8 Å². The van der Waals surface area contributed by atoms with E-state index in [1.54, 1.807) is 0 Å². The van der Waals surface area contributed by atoms with Gasteiger partial charge >= 0.3 is 0 Å². The molecule has 5 nitrogen and oxygen atoms in total. The van der Waals surface area contributed by atoms with Gasteiger partial charge in [-0.1, -0.05) is 0 Å². The van der Waals surface area contributed by atoms with Gasteiger partial charge in [-0.3, -0.25) is 0 Å². The first-order chi connectivity index (χ1) is 9.87. The molecule has 2 saturated heterocycles. The van der Waals surface area contributed by atoms with Crippen LogP contribution in [0.4, 0.5) is 0 Å². The van der Waals surface area contributed by atoms with E-state index < -0.39 is 0 Å². The standard InChI is InChI=1S/C16H30N2O3/c1-12(21-16(2,3)4)18-9-13(17-5)8-15(10-18)20-14-6-7-19-11-14/h13-15,17H,1,6-11H2,2-5H3/t13-,14-,15-/m1/s1. The third kappa shape index (κ3) is 5.16. The zero-order valence-corrected chi connectivity index (χ0v) is 13.9. The molecule has 2 aliphatic heterocycles. The Morgan fingerprint density at radius 3 is 2.62 bits per heavy atom. The highest BCUT2D eigenvalue weighted by molar-refractivity contribution is 4.95. The summed E-state index contributed by atoms with van der Waals surface area (Å²) in [4.78, 5) is 2.19. The Labute approximate surface area is 128 Å². The molecule has 122 valence electrons. The van der Waals surface area contributed by atoms with Crippen LogP contribution in [-0.4, -0.2) is 62.1 Å². The van der Waals surface area contributed by atoms with Gasteiger partial charge in [-0.2, -0.15) is 0 Å². The molecule has 0 spiro atoms. The van der Waals surface area contributed by atoms with E-state index in [1.807, 2.05) is 27.8 Å². The quantitative estimate of drug-likeness (QED) is 0.783. The van der Waals surface area contributed by atoms with E-state index >= 15 is 0 Å². The summed E-state index contributed by atoms with van der Waals surface area (Å²) in [5.41, 5.74) is -0.223. The second kappa shape index (κ2) is 6.99. The van der Waals surface area contributed by atoms with Crippen molar-refractivity contribution in [3.05, 3.63) is 12.5 Å². The van der Waals surface area contributed by atoms with Crippen LogP contribution in [-0.2, 0) is 14.2 Å². The molecule has 0 aromatic rings. The van der Waals surface area contributed by atoms with Crippen molar-refractivity contribution in [2.45, 2.75) is 57.5 Å². The molecule has 3 atom stereocenters. The molecule has 0 aromatic heterocycles. The fraction of sp³-hybridized carbons (Fsp3) is 0.875. The number of hydrogen-bond donors (Lipinski definition) is 1. The van der Waals surface area contributed by atoms with Crippen LogP contribution in [0.2, 0.25) is 0 Å². The minimum absolute atomic E-state index is 0.197. The van der Waals surface area contributed by atoms with Crippen molar-refractivity contribution < 1.29 is 14.2 Å². The van der Waals surface area contributed by atoms with Gasteiger partial charge in [0.05, 0.1) is 18.8 Å². The molecule has 0 bridgehead atoms. The number of piperidine rings is 1. The summed E-state index contributed by atoms with van der Waals surface area (Å²) in [5.74, 6) is 0.735. The number of hydrogen-bond acceptors (Lipinski definition) is 5. The minimum atomic E-state index is -0.223. The molecule has 0 unspecified atom stereocenters. The number of rotatable bonds is 5. The van der Waals surface area contributed by atoms with Gasteiger partial charge in [0.25, 0.3) is 0 Å². The lowest BCUT2D eigenvalue weighted by molar-refractivity contribution is -0.0726. The van der Waals surface area contributed by atoms with Crippen molar-refractivity contribution in [2.75, 3.05) is 33.4 Å². The summed E-state index contributed by atoms with van der Waals surface area (Å²) in [6.07, 6.45) is 2.46. The maximum absolute atomic E-state index is 6.19. The second-order valence-corrected chi connectivity index (χ2v) is 6.98. The highest BCUT2D eigenvalue weighted by Crippen LogP contribution is 2.23. The zero-order valence-electron chi connectivity index (χ0n) is 13.9. The molecule has 5 heteroatoms. The van der Waals surface area contributed by atoms with Gasteiger partial charge in [-0.05, 0) is 47.2 Å². The summed E-state index contributed by atoms with van der Waals surface area (Å²) >= 11 is 0. The van der Waals surface area contributed by atoms with Crippen LogP contribution < -0.4 is 5.32 Å². The number of ether oxygens (including phenoxy) is 3. The van der Waals surface area contributed by atoms with E-state index in [4.69, 9.17) is 14.2 Å². The van der Waals surface area contributed by atoms with Crippen molar-refractivity contribution in [1.29, 1.82) is 0 Å². The lowest BCUT2D eigenvalue weighted by atomic mass is 10.0. The Morgan fingerprint density at radius 1 is 1.29 bits per heavy atom. The fourth-order valence-corrected chi connectivity index (χ4v) is 2.87. The summed E-state index contributed by atoms with van der Waals surface area (Å²) in [5, 5.41) is 3.36. The van der Waals surface area contributed by atoms with Gasteiger partial charge in [0.1, 0.15) is 5.60 Å². The number of likely N-dealkylation sites (N-methyl/N-ethyl adjacent to an activating group) is 1. The van der Waals surface area contributed by atoms with Gasteiger partial charge in [0.15, 0.2) is 5.88 Å². The van der Waals surface area contributed by atoms with Crippen LogP contribution in [0, 0.1) is 0 Å². The largest absolute Gasteiger partial charge is 0.474 e. The predicted molar refractivity (Wildman–Crippen MR) is 83.1 cm³/mol. The summed E-state index contributed by atoms with van der Waals surface area (Å²) in [7, 11) is 2.00. The van der Waals surface area contributed by atoms with E-state index in [-0.39, 0.29) is 17.8 Å². The molecule has 0 amide bonds. The molecule has 2 heterocycles. The molecule has 21 heavy (non-hydrogen) atoms. The van der Waals surface area contributed by atoms with E-state index in [1.165, 1.54) is 0 Å². The lowest BCUT2D eigenvalue weighted by Gasteiger charge is -2.41. The predicted octanol–water partition coefficient (Wildman–Crippen LogP) is 1.74. The molecule has 2 fully saturated rings. The Bertz CT molecular complexity index is 348. The highest BCUT2D eigenvalue weighted by Gasteiger charge is 2.31. The van der Waals surface area contributed by atoms with Crippen LogP contribution in [0.3, 0.4) is 0 Å². The fourth-order valence-electron chi connectivity index (χ4n) is 2.87. The van der Waals surface area contributed by atoms with Gasteiger partial charge in [-0.25, -0.2) is 0 Å². The van der Waals surface area contributed by atoms with E-state index in [9.17, 15) is 0 Å². The van der Waals surface area contributed by atoms with Crippen LogP contribution in [0.1, 0.15) is 33.6 Å². The Balaban J connectivity index is 1.92. The Kier molecular flexibility index (Phi) is 5.52. The molecule has 1 N–H and O–H groups in total. The molecule has 2 aliphatic rings. The maximum atomic E-state index is 6.19. The molecule has 0 radical (unpaired) electrons. The maximum Gasteiger partial charge on any atom is 0.182 e. The average molecular weight is 298 g/mol. The Hall–Kier alpha value is -0.780. The van der Waals surface area contributed by atoms with Crippen LogP contribution in [0.25, 0.3) is 0 Å². The van der Waals surface area contributed by atoms with Crippen molar-refractivity contribution in [2.24, 2.45) is 0 Å². The topological polar surface area (TPSA) is 43.0 Å². The first-order valence-electron chi connectivity index (χ1n) is 7.90. The van der Waals surface area contributed by atoms with Gasteiger partial charge in [-0.15, -0.1) is 0 Å². The highest BCUT2D eigenvalue weighted by atomic mass is 16.6. The third-order valence-corrected chi connectivity index (χ3v) is 3.87. The average Bonchev–Trinajstić information content (AvgIpc) is 2.89. The number of likely N-dealkylation sites (tertiary alicyclic amines) is 1.